The van der Waals surface area contributed by atoms with E-state index < -0.39 is 0 Å². The molecule has 0 aliphatic heterocycles. The number of hydrogen-bond acceptors (Lipinski definition) is 3. The molecule has 0 aliphatic carbocycles. The molecule has 1 atom stereocenters. The summed E-state index contributed by atoms with van der Waals surface area (Å²) in [6, 6.07) is 10.4. The van der Waals surface area contributed by atoms with Gasteiger partial charge in [-0.05, 0) is 23.8 Å². The van der Waals surface area contributed by atoms with E-state index >= 15 is 0 Å². The van der Waals surface area contributed by atoms with Crippen LogP contribution in [0.25, 0.3) is 0 Å². The summed E-state index contributed by atoms with van der Waals surface area (Å²) in [5.41, 5.74) is 1.32. The largest absolute Gasteiger partial charge is 0.389 e. The standard InChI is InChI=1S/C14H20OS2/c1-11(2)13(15)9-14(16-3)17-10-12-7-5-4-6-8-12/h4-9,11,13,15H,10H2,1-3H3/b14-9-. The van der Waals surface area contributed by atoms with Gasteiger partial charge in [0.25, 0.3) is 0 Å². The molecule has 0 aromatic heterocycles. The summed E-state index contributed by atoms with van der Waals surface area (Å²) in [5, 5.41) is 9.82. The number of thioether (sulfide) groups is 2. The van der Waals surface area contributed by atoms with Gasteiger partial charge < -0.3 is 5.11 Å². The van der Waals surface area contributed by atoms with Crippen LogP contribution in [0.2, 0.25) is 0 Å². The van der Waals surface area contributed by atoms with Crippen molar-refractivity contribution in [2.75, 3.05) is 6.26 Å². The number of aliphatic hydroxyl groups excluding tert-OH is 1. The predicted octanol–water partition coefficient (Wildman–Crippen LogP) is 4.14. The lowest BCUT2D eigenvalue weighted by Crippen LogP contribution is -2.11. The quantitative estimate of drug-likeness (QED) is 0.837. The Morgan fingerprint density at radius 2 is 1.94 bits per heavy atom. The van der Waals surface area contributed by atoms with Gasteiger partial charge in [-0.1, -0.05) is 44.2 Å². The fraction of sp³-hybridized carbons (Fsp3) is 0.429. The smallest absolute Gasteiger partial charge is 0.0762 e. The van der Waals surface area contributed by atoms with Gasteiger partial charge >= 0.3 is 0 Å². The highest BCUT2D eigenvalue weighted by Crippen LogP contribution is 2.30. The van der Waals surface area contributed by atoms with Gasteiger partial charge in [0, 0.05) is 9.99 Å². The second-order valence-corrected chi connectivity index (χ2v) is 6.32. The Morgan fingerprint density at radius 1 is 1.29 bits per heavy atom. The maximum Gasteiger partial charge on any atom is 0.0762 e. The highest BCUT2D eigenvalue weighted by atomic mass is 32.2. The second-order valence-electron chi connectivity index (χ2n) is 4.20. The monoisotopic (exact) mass is 268 g/mol. The van der Waals surface area contributed by atoms with E-state index in [1.54, 1.807) is 23.5 Å². The minimum absolute atomic E-state index is 0.273. The first-order chi connectivity index (χ1) is 8.13. The van der Waals surface area contributed by atoms with Crippen LogP contribution in [0.3, 0.4) is 0 Å². The molecule has 0 heterocycles. The number of benzene rings is 1. The zero-order chi connectivity index (χ0) is 12.7. The van der Waals surface area contributed by atoms with Gasteiger partial charge in [-0.15, -0.1) is 23.5 Å². The van der Waals surface area contributed by atoms with Crippen molar-refractivity contribution in [1.82, 2.24) is 0 Å². The molecule has 0 aliphatic rings. The minimum Gasteiger partial charge on any atom is -0.389 e. The molecule has 0 radical (unpaired) electrons. The summed E-state index contributed by atoms with van der Waals surface area (Å²) in [6.45, 7) is 4.06. The maximum atomic E-state index is 9.82. The molecular formula is C14H20OS2. The Kier molecular flexibility index (Phi) is 6.78. The van der Waals surface area contributed by atoms with Crippen LogP contribution in [0.15, 0.2) is 40.6 Å². The Balaban J connectivity index is 2.53. The SMILES string of the molecule is CS/C(=C/C(O)C(C)C)SCc1ccccc1. The molecule has 1 aromatic carbocycles. The third kappa shape index (κ3) is 5.66. The molecule has 1 N–H and O–H groups in total. The molecule has 0 fully saturated rings. The van der Waals surface area contributed by atoms with Gasteiger partial charge in [0.2, 0.25) is 0 Å². The molecule has 94 valence electrons. The van der Waals surface area contributed by atoms with Crippen LogP contribution >= 0.6 is 23.5 Å². The van der Waals surface area contributed by atoms with Crippen molar-refractivity contribution in [2.24, 2.45) is 5.92 Å². The first-order valence-corrected chi connectivity index (χ1v) is 7.95. The molecular weight excluding hydrogens is 248 g/mol. The van der Waals surface area contributed by atoms with Crippen molar-refractivity contribution in [3.05, 3.63) is 46.2 Å². The van der Waals surface area contributed by atoms with E-state index in [4.69, 9.17) is 0 Å². The van der Waals surface area contributed by atoms with E-state index in [-0.39, 0.29) is 12.0 Å². The average Bonchev–Trinajstić information content (AvgIpc) is 2.35. The summed E-state index contributed by atoms with van der Waals surface area (Å²) in [7, 11) is 0. The van der Waals surface area contributed by atoms with Gasteiger partial charge in [0.15, 0.2) is 0 Å². The molecule has 1 unspecified atom stereocenters. The molecule has 17 heavy (non-hydrogen) atoms. The van der Waals surface area contributed by atoms with Crippen molar-refractivity contribution in [3.8, 4) is 0 Å². The Bertz CT molecular complexity index is 346. The fourth-order valence-electron chi connectivity index (χ4n) is 1.24. The van der Waals surface area contributed by atoms with Crippen LogP contribution in [0.5, 0.6) is 0 Å². The molecule has 0 bridgehead atoms. The molecule has 0 amide bonds. The van der Waals surface area contributed by atoms with Crippen LogP contribution < -0.4 is 0 Å². The number of aliphatic hydroxyl groups is 1. The Morgan fingerprint density at radius 3 is 2.47 bits per heavy atom. The van der Waals surface area contributed by atoms with Crippen LogP contribution in [-0.2, 0) is 5.75 Å². The molecule has 1 nitrogen and oxygen atoms in total. The zero-order valence-electron chi connectivity index (χ0n) is 10.6. The first kappa shape index (κ1) is 14.7. The van der Waals surface area contributed by atoms with E-state index in [1.807, 2.05) is 26.0 Å². The number of hydrogen-bond donors (Lipinski definition) is 1. The van der Waals surface area contributed by atoms with Gasteiger partial charge in [-0.25, -0.2) is 0 Å². The summed E-state index contributed by atoms with van der Waals surface area (Å²) >= 11 is 3.48. The zero-order valence-corrected chi connectivity index (χ0v) is 12.2. The fourth-order valence-corrected chi connectivity index (χ4v) is 2.90. The predicted molar refractivity (Wildman–Crippen MR) is 80.2 cm³/mol. The maximum absolute atomic E-state index is 9.82. The van der Waals surface area contributed by atoms with Crippen LogP contribution in [0, 0.1) is 5.92 Å². The third-order valence-electron chi connectivity index (χ3n) is 2.41. The summed E-state index contributed by atoms with van der Waals surface area (Å²) < 4.78 is 1.19. The lowest BCUT2D eigenvalue weighted by molar-refractivity contribution is 0.172. The second kappa shape index (κ2) is 7.85. The number of rotatable bonds is 6. The highest BCUT2D eigenvalue weighted by molar-refractivity contribution is 8.21. The van der Waals surface area contributed by atoms with Crippen molar-refractivity contribution < 1.29 is 5.11 Å². The summed E-state index contributed by atoms with van der Waals surface area (Å²) in [4.78, 5) is 0. The van der Waals surface area contributed by atoms with E-state index in [0.717, 1.165) is 5.75 Å². The Hall–Kier alpha value is -0.380. The van der Waals surface area contributed by atoms with Gasteiger partial charge in [0.1, 0.15) is 0 Å². The Labute approximate surface area is 113 Å². The molecule has 1 rings (SSSR count). The summed E-state index contributed by atoms with van der Waals surface area (Å²) in [5.74, 6) is 1.23. The summed E-state index contributed by atoms with van der Waals surface area (Å²) in [6.07, 6.45) is 3.67. The van der Waals surface area contributed by atoms with Crippen LogP contribution in [0.1, 0.15) is 19.4 Å². The van der Waals surface area contributed by atoms with Gasteiger partial charge in [0.05, 0.1) is 6.10 Å². The van der Waals surface area contributed by atoms with Crippen molar-refractivity contribution in [3.63, 3.8) is 0 Å². The van der Waals surface area contributed by atoms with Gasteiger partial charge in [-0.2, -0.15) is 0 Å². The van der Waals surface area contributed by atoms with E-state index in [0.29, 0.717) is 0 Å². The topological polar surface area (TPSA) is 20.2 Å². The molecule has 0 spiro atoms. The van der Waals surface area contributed by atoms with Crippen molar-refractivity contribution >= 4 is 23.5 Å². The van der Waals surface area contributed by atoms with Gasteiger partial charge in [-0.3, -0.25) is 0 Å². The van der Waals surface area contributed by atoms with Crippen LogP contribution in [0.4, 0.5) is 0 Å². The first-order valence-electron chi connectivity index (χ1n) is 5.74. The highest BCUT2D eigenvalue weighted by Gasteiger charge is 2.07. The molecule has 0 saturated heterocycles. The van der Waals surface area contributed by atoms with E-state index in [2.05, 4.69) is 30.5 Å². The normalized spacial score (nSPS) is 14.1. The van der Waals surface area contributed by atoms with Crippen molar-refractivity contribution in [1.29, 1.82) is 0 Å². The lowest BCUT2D eigenvalue weighted by Gasteiger charge is -2.12. The minimum atomic E-state index is -0.347. The van der Waals surface area contributed by atoms with E-state index in [9.17, 15) is 5.11 Å². The average molecular weight is 268 g/mol. The molecule has 3 heteroatoms. The molecule has 0 saturated carbocycles. The molecule has 1 aromatic rings. The van der Waals surface area contributed by atoms with Crippen molar-refractivity contribution in [2.45, 2.75) is 25.7 Å². The van der Waals surface area contributed by atoms with Crippen LogP contribution in [-0.4, -0.2) is 17.5 Å². The lowest BCUT2D eigenvalue weighted by atomic mass is 10.1. The third-order valence-corrected chi connectivity index (χ3v) is 4.71. The van der Waals surface area contributed by atoms with E-state index in [1.165, 1.54) is 9.80 Å².